The molecule has 0 radical (unpaired) electrons. The van der Waals surface area contributed by atoms with Crippen molar-refractivity contribution in [3.05, 3.63) is 0 Å². The summed E-state index contributed by atoms with van der Waals surface area (Å²) >= 11 is 0. The maximum Gasteiger partial charge on any atom is 0.265 e. The van der Waals surface area contributed by atoms with E-state index in [0.29, 0.717) is 12.0 Å². The van der Waals surface area contributed by atoms with Gasteiger partial charge in [-0.05, 0) is 13.3 Å². The van der Waals surface area contributed by atoms with Crippen LogP contribution >= 0.6 is 0 Å². The lowest BCUT2D eigenvalue weighted by atomic mass is 9.85. The van der Waals surface area contributed by atoms with Crippen molar-refractivity contribution in [3.63, 3.8) is 0 Å². The number of aliphatic imine (C=N–C) groups is 1. The number of rotatable bonds is 1. The standard InChI is InChI=1S/C11H17N3O2/c1-7-10(16-6-13-7)11(15)14-3-2-9-8(5-14)4-12-9/h6-10,12H,2-5H2,1H3. The molecule has 2 saturated heterocycles. The summed E-state index contributed by atoms with van der Waals surface area (Å²) in [6.07, 6.45) is 2.09. The molecule has 0 aromatic heterocycles. The summed E-state index contributed by atoms with van der Waals surface area (Å²) in [5.41, 5.74) is 0. The summed E-state index contributed by atoms with van der Waals surface area (Å²) in [7, 11) is 0. The Kier molecular flexibility index (Phi) is 2.35. The van der Waals surface area contributed by atoms with Gasteiger partial charge in [-0.15, -0.1) is 0 Å². The first kappa shape index (κ1) is 10.1. The molecule has 5 nitrogen and oxygen atoms in total. The summed E-state index contributed by atoms with van der Waals surface area (Å²) in [5, 5.41) is 3.39. The first-order chi connectivity index (χ1) is 7.75. The van der Waals surface area contributed by atoms with Gasteiger partial charge in [0.25, 0.3) is 5.91 Å². The first-order valence-electron chi connectivity index (χ1n) is 5.95. The van der Waals surface area contributed by atoms with E-state index in [1.54, 1.807) is 0 Å². The summed E-state index contributed by atoms with van der Waals surface area (Å²) in [5.74, 6) is 0.755. The SMILES string of the molecule is CC1N=COC1C(=O)N1CCC2NCC2C1. The van der Waals surface area contributed by atoms with Crippen molar-refractivity contribution in [2.75, 3.05) is 19.6 Å². The number of nitrogens with zero attached hydrogens (tertiary/aromatic N) is 2. The zero-order chi connectivity index (χ0) is 11.1. The van der Waals surface area contributed by atoms with Crippen LogP contribution in [0.15, 0.2) is 4.99 Å². The van der Waals surface area contributed by atoms with E-state index in [4.69, 9.17) is 4.74 Å². The Morgan fingerprint density at radius 3 is 3.06 bits per heavy atom. The van der Waals surface area contributed by atoms with Crippen LogP contribution in [0, 0.1) is 5.92 Å². The second-order valence-electron chi connectivity index (χ2n) is 4.90. The minimum Gasteiger partial charge on any atom is -0.468 e. The normalized spacial score (nSPS) is 41.2. The van der Waals surface area contributed by atoms with E-state index < -0.39 is 0 Å². The maximum atomic E-state index is 12.2. The van der Waals surface area contributed by atoms with Gasteiger partial charge in [0.15, 0.2) is 12.5 Å². The Morgan fingerprint density at radius 1 is 1.62 bits per heavy atom. The number of carbonyl (C=O) groups is 1. The highest BCUT2D eigenvalue weighted by atomic mass is 16.5. The number of amides is 1. The molecule has 2 fully saturated rings. The van der Waals surface area contributed by atoms with Gasteiger partial charge in [0.05, 0.1) is 6.04 Å². The molecule has 3 aliphatic rings. The molecule has 16 heavy (non-hydrogen) atoms. The zero-order valence-corrected chi connectivity index (χ0v) is 9.43. The smallest absolute Gasteiger partial charge is 0.265 e. The molecule has 0 saturated carbocycles. The predicted molar refractivity (Wildman–Crippen MR) is 59.3 cm³/mol. The highest BCUT2D eigenvalue weighted by Gasteiger charge is 2.40. The molecule has 0 bridgehead atoms. The molecular formula is C11H17N3O2. The largest absolute Gasteiger partial charge is 0.468 e. The van der Waals surface area contributed by atoms with Gasteiger partial charge in [0, 0.05) is 31.6 Å². The fraction of sp³-hybridized carbons (Fsp3) is 0.818. The van der Waals surface area contributed by atoms with Crippen LogP contribution in [0.3, 0.4) is 0 Å². The van der Waals surface area contributed by atoms with E-state index in [9.17, 15) is 4.79 Å². The van der Waals surface area contributed by atoms with Crippen molar-refractivity contribution in [3.8, 4) is 0 Å². The molecule has 1 N–H and O–H groups in total. The number of carbonyl (C=O) groups excluding carboxylic acids is 1. The lowest BCUT2D eigenvalue weighted by Gasteiger charge is -2.46. The number of nitrogens with one attached hydrogen (secondary N) is 1. The molecule has 3 rings (SSSR count). The molecule has 0 aliphatic carbocycles. The number of ether oxygens (including phenoxy) is 1. The molecule has 0 aromatic rings. The molecule has 0 spiro atoms. The van der Waals surface area contributed by atoms with E-state index in [1.165, 1.54) is 6.40 Å². The zero-order valence-electron chi connectivity index (χ0n) is 9.43. The van der Waals surface area contributed by atoms with Crippen LogP contribution in [-0.4, -0.2) is 55.0 Å². The van der Waals surface area contributed by atoms with Crippen LogP contribution < -0.4 is 5.32 Å². The summed E-state index contributed by atoms with van der Waals surface area (Å²) in [4.78, 5) is 18.2. The van der Waals surface area contributed by atoms with Crippen molar-refractivity contribution in [2.45, 2.75) is 31.5 Å². The van der Waals surface area contributed by atoms with Crippen molar-refractivity contribution < 1.29 is 9.53 Å². The molecule has 4 atom stereocenters. The fourth-order valence-electron chi connectivity index (χ4n) is 2.68. The molecule has 3 aliphatic heterocycles. The average Bonchev–Trinajstić information content (AvgIpc) is 2.65. The van der Waals surface area contributed by atoms with Gasteiger partial charge in [0.1, 0.15) is 0 Å². The van der Waals surface area contributed by atoms with Crippen molar-refractivity contribution in [2.24, 2.45) is 10.9 Å². The number of fused-ring (bicyclic) bond motifs is 1. The quantitative estimate of drug-likeness (QED) is 0.659. The van der Waals surface area contributed by atoms with Crippen molar-refractivity contribution in [1.82, 2.24) is 10.2 Å². The molecular weight excluding hydrogens is 206 g/mol. The fourth-order valence-corrected chi connectivity index (χ4v) is 2.68. The predicted octanol–water partition coefficient (Wildman–Crippen LogP) is -0.378. The minimum atomic E-state index is -0.385. The molecule has 1 amide bonds. The van der Waals surface area contributed by atoms with Crippen LogP contribution in [0.5, 0.6) is 0 Å². The topological polar surface area (TPSA) is 53.9 Å². The Bertz CT molecular complexity index is 331. The van der Waals surface area contributed by atoms with E-state index >= 15 is 0 Å². The van der Waals surface area contributed by atoms with Crippen LogP contribution in [0.25, 0.3) is 0 Å². The van der Waals surface area contributed by atoms with E-state index in [-0.39, 0.29) is 18.1 Å². The Labute approximate surface area is 94.9 Å². The van der Waals surface area contributed by atoms with Crippen LogP contribution in [0.4, 0.5) is 0 Å². The van der Waals surface area contributed by atoms with E-state index in [2.05, 4.69) is 10.3 Å². The van der Waals surface area contributed by atoms with Gasteiger partial charge in [-0.3, -0.25) is 9.79 Å². The Balaban J connectivity index is 1.62. The highest BCUT2D eigenvalue weighted by molar-refractivity contribution is 5.84. The van der Waals surface area contributed by atoms with E-state index in [0.717, 1.165) is 26.1 Å². The number of hydrogen-bond donors (Lipinski definition) is 1. The summed E-state index contributed by atoms with van der Waals surface area (Å²) in [6, 6.07) is 0.604. The lowest BCUT2D eigenvalue weighted by Crippen LogP contribution is -2.63. The van der Waals surface area contributed by atoms with Gasteiger partial charge >= 0.3 is 0 Å². The van der Waals surface area contributed by atoms with Crippen LogP contribution in [-0.2, 0) is 9.53 Å². The minimum absolute atomic E-state index is 0.0373. The van der Waals surface area contributed by atoms with Crippen molar-refractivity contribution in [1.29, 1.82) is 0 Å². The number of hydrogen-bond acceptors (Lipinski definition) is 4. The third kappa shape index (κ3) is 1.50. The lowest BCUT2D eigenvalue weighted by molar-refractivity contribution is -0.142. The Hall–Kier alpha value is -1.10. The monoisotopic (exact) mass is 223 g/mol. The Morgan fingerprint density at radius 2 is 2.50 bits per heavy atom. The third-order valence-electron chi connectivity index (χ3n) is 3.87. The molecule has 88 valence electrons. The van der Waals surface area contributed by atoms with Gasteiger partial charge in [-0.25, -0.2) is 0 Å². The van der Waals surface area contributed by atoms with Gasteiger partial charge < -0.3 is 15.0 Å². The molecule has 5 heteroatoms. The van der Waals surface area contributed by atoms with Gasteiger partial charge in [-0.2, -0.15) is 0 Å². The maximum absolute atomic E-state index is 12.2. The second kappa shape index (κ2) is 3.73. The molecule has 4 unspecified atom stereocenters. The van der Waals surface area contributed by atoms with Gasteiger partial charge in [0.2, 0.25) is 0 Å². The van der Waals surface area contributed by atoms with Crippen molar-refractivity contribution >= 4 is 12.3 Å². The highest BCUT2D eigenvalue weighted by Crippen LogP contribution is 2.25. The number of piperidine rings is 1. The van der Waals surface area contributed by atoms with E-state index in [1.807, 2.05) is 11.8 Å². The average molecular weight is 223 g/mol. The van der Waals surface area contributed by atoms with Gasteiger partial charge in [-0.1, -0.05) is 0 Å². The third-order valence-corrected chi connectivity index (χ3v) is 3.87. The second-order valence-corrected chi connectivity index (χ2v) is 4.90. The number of likely N-dealkylation sites (tertiary alicyclic amines) is 1. The summed E-state index contributed by atoms with van der Waals surface area (Å²) in [6.45, 7) is 4.69. The van der Waals surface area contributed by atoms with Crippen LogP contribution in [0.1, 0.15) is 13.3 Å². The van der Waals surface area contributed by atoms with Crippen LogP contribution in [0.2, 0.25) is 0 Å². The molecule has 0 aromatic carbocycles. The summed E-state index contributed by atoms with van der Waals surface area (Å²) < 4.78 is 5.26. The molecule has 3 heterocycles. The first-order valence-corrected chi connectivity index (χ1v) is 5.95.